The van der Waals surface area contributed by atoms with Crippen LogP contribution in [-0.2, 0) is 4.79 Å². The number of halogens is 3. The van der Waals surface area contributed by atoms with Gasteiger partial charge in [-0.05, 0) is 43.2 Å². The highest BCUT2D eigenvalue weighted by Gasteiger charge is 2.30. The lowest BCUT2D eigenvalue weighted by Crippen LogP contribution is -2.49. The van der Waals surface area contributed by atoms with E-state index in [0.29, 0.717) is 16.6 Å². The molecule has 166 valence electrons. The third kappa shape index (κ3) is 4.76. The molecule has 6 nitrogen and oxygen atoms in total. The first-order valence-electron chi connectivity index (χ1n) is 9.58. The summed E-state index contributed by atoms with van der Waals surface area (Å²) >= 11 is 6.90. The molecule has 1 atom stereocenters. The fourth-order valence-electron chi connectivity index (χ4n) is 2.87. The molecule has 0 spiro atoms. The Morgan fingerprint density at radius 2 is 2.03 bits per heavy atom. The predicted octanol–water partition coefficient (Wildman–Crippen LogP) is 4.46. The minimum Gasteiger partial charge on any atom is -0.337 e. The topological polar surface area (TPSA) is 87.8 Å². The van der Waals surface area contributed by atoms with Gasteiger partial charge in [0.15, 0.2) is 5.16 Å². The van der Waals surface area contributed by atoms with Crippen LogP contribution in [-0.4, -0.2) is 26.8 Å². The van der Waals surface area contributed by atoms with E-state index < -0.39 is 28.6 Å². The molecule has 1 amide bonds. The van der Waals surface area contributed by atoms with Crippen LogP contribution in [0, 0.1) is 28.9 Å². The van der Waals surface area contributed by atoms with E-state index in [2.05, 4.69) is 16.4 Å². The number of aromatic nitrogens is 2. The molecule has 0 aliphatic heterocycles. The number of nitriles is 1. The quantitative estimate of drug-likeness (QED) is 0.419. The maximum absolute atomic E-state index is 14.6. The summed E-state index contributed by atoms with van der Waals surface area (Å²) in [6.07, 6.45) is 0. The van der Waals surface area contributed by atoms with Gasteiger partial charge in [0.1, 0.15) is 17.2 Å². The number of hydrogen-bond acceptors (Lipinski definition) is 5. The number of rotatable bonds is 6. The van der Waals surface area contributed by atoms with Crippen molar-refractivity contribution in [1.82, 2.24) is 14.9 Å². The minimum atomic E-state index is -1.08. The third-order valence-corrected chi connectivity index (χ3v) is 6.24. The highest BCUT2D eigenvalue weighted by molar-refractivity contribution is 7.99. The molecule has 0 saturated heterocycles. The molecule has 1 heterocycles. The van der Waals surface area contributed by atoms with Crippen LogP contribution in [0.1, 0.15) is 20.8 Å². The average molecular weight is 477 g/mol. The molecule has 1 aromatic heterocycles. The second-order valence-electron chi connectivity index (χ2n) is 7.60. The lowest BCUT2D eigenvalue weighted by Gasteiger charge is -2.27. The number of nitrogens with zero attached hydrogens (tertiary/aromatic N) is 3. The van der Waals surface area contributed by atoms with Crippen molar-refractivity contribution in [2.45, 2.75) is 31.5 Å². The number of carbonyl (C=O) groups excluding carboxylic acids is 1. The molecule has 0 bridgehead atoms. The van der Waals surface area contributed by atoms with Gasteiger partial charge in [-0.25, -0.2) is 13.8 Å². The molecular formula is C22H19ClF2N4O2S. The van der Waals surface area contributed by atoms with Crippen LogP contribution in [0.15, 0.2) is 46.3 Å². The van der Waals surface area contributed by atoms with Gasteiger partial charge >= 0.3 is 0 Å². The third-order valence-electron chi connectivity index (χ3n) is 5.07. The number of thioether (sulfide) groups is 1. The summed E-state index contributed by atoms with van der Waals surface area (Å²) in [5.41, 5.74) is -1.59. The fourth-order valence-corrected chi connectivity index (χ4v) is 3.84. The van der Waals surface area contributed by atoms with E-state index in [1.54, 1.807) is 19.1 Å². The Morgan fingerprint density at radius 1 is 1.31 bits per heavy atom. The maximum atomic E-state index is 14.6. The predicted molar refractivity (Wildman–Crippen MR) is 120 cm³/mol. The molecule has 0 fully saturated rings. The first-order chi connectivity index (χ1) is 15.1. The molecule has 2 aromatic carbocycles. The Kier molecular flexibility index (Phi) is 6.86. The van der Waals surface area contributed by atoms with Crippen LogP contribution in [0.4, 0.5) is 8.78 Å². The first kappa shape index (κ1) is 23.7. The summed E-state index contributed by atoms with van der Waals surface area (Å²) < 4.78 is 29.0. The second-order valence-corrected chi connectivity index (χ2v) is 8.98. The summed E-state index contributed by atoms with van der Waals surface area (Å²) in [4.78, 5) is 30.1. The molecule has 3 aromatic rings. The Bertz CT molecular complexity index is 1310. The Balaban J connectivity index is 2.06. The van der Waals surface area contributed by atoms with E-state index in [0.717, 1.165) is 28.5 Å². The lowest BCUT2D eigenvalue weighted by atomic mass is 9.90. The van der Waals surface area contributed by atoms with Crippen LogP contribution < -0.4 is 10.9 Å². The smallest absolute Gasteiger partial charge is 0.266 e. The van der Waals surface area contributed by atoms with Gasteiger partial charge in [-0.2, -0.15) is 5.26 Å². The zero-order valence-electron chi connectivity index (χ0n) is 17.4. The second kappa shape index (κ2) is 9.27. The fraction of sp³-hybridized carbons (Fsp3) is 0.273. The molecular weight excluding hydrogens is 458 g/mol. The number of amides is 1. The minimum absolute atomic E-state index is 0.0358. The molecule has 32 heavy (non-hydrogen) atoms. The molecule has 0 aliphatic carbocycles. The molecule has 0 saturated carbocycles. The van der Waals surface area contributed by atoms with Crippen LogP contribution in [0.2, 0.25) is 5.02 Å². The van der Waals surface area contributed by atoms with Crippen molar-refractivity contribution < 1.29 is 13.6 Å². The molecule has 3 rings (SSSR count). The number of benzene rings is 2. The summed E-state index contributed by atoms with van der Waals surface area (Å²) in [5.74, 6) is -2.54. The number of hydrogen-bond donors (Lipinski definition) is 1. The Morgan fingerprint density at radius 3 is 2.66 bits per heavy atom. The van der Waals surface area contributed by atoms with Crippen LogP contribution >= 0.6 is 23.4 Å². The van der Waals surface area contributed by atoms with Gasteiger partial charge in [0.05, 0.1) is 28.4 Å². The van der Waals surface area contributed by atoms with Crippen LogP contribution in [0.3, 0.4) is 0 Å². The van der Waals surface area contributed by atoms with Crippen LogP contribution in [0.5, 0.6) is 0 Å². The summed E-state index contributed by atoms with van der Waals surface area (Å²) in [7, 11) is 0. The molecule has 10 heteroatoms. The van der Waals surface area contributed by atoms with Gasteiger partial charge in [-0.15, -0.1) is 0 Å². The standard InChI is InChI=1S/C22H19ClF2N4O2S/c1-12(2)22(3,11-26)28-19(30)10-32-21-27-17-6-4-13(23)8-15(17)20(31)29(21)18-7-5-14(24)9-16(18)25/h4-9,12H,10H2,1-3H3,(H,28,30). The highest BCUT2D eigenvalue weighted by Crippen LogP contribution is 2.25. The first-order valence-corrected chi connectivity index (χ1v) is 10.9. The molecule has 1 N–H and O–H groups in total. The number of fused-ring (bicyclic) bond motifs is 1. The van der Waals surface area contributed by atoms with Gasteiger partial charge < -0.3 is 5.32 Å². The van der Waals surface area contributed by atoms with Crippen molar-refractivity contribution >= 4 is 40.2 Å². The SMILES string of the molecule is CC(C)C(C)(C#N)NC(=O)CSc1nc2ccc(Cl)cc2c(=O)n1-c1ccc(F)cc1F. The van der Waals surface area contributed by atoms with Crippen molar-refractivity contribution in [3.8, 4) is 11.8 Å². The molecule has 1 unspecified atom stereocenters. The number of carbonyl (C=O) groups is 1. The highest BCUT2D eigenvalue weighted by atomic mass is 35.5. The maximum Gasteiger partial charge on any atom is 0.266 e. The van der Waals surface area contributed by atoms with E-state index in [4.69, 9.17) is 11.6 Å². The van der Waals surface area contributed by atoms with Crippen molar-refractivity contribution in [3.63, 3.8) is 0 Å². The lowest BCUT2D eigenvalue weighted by molar-refractivity contribution is -0.120. The molecule has 0 radical (unpaired) electrons. The Labute approximate surface area is 192 Å². The van der Waals surface area contributed by atoms with E-state index in [1.807, 2.05) is 13.8 Å². The summed E-state index contributed by atoms with van der Waals surface area (Å²) in [5, 5.41) is 12.6. The van der Waals surface area contributed by atoms with E-state index >= 15 is 0 Å². The number of nitrogens with one attached hydrogen (secondary N) is 1. The van der Waals surface area contributed by atoms with Crippen molar-refractivity contribution in [2.24, 2.45) is 5.92 Å². The van der Waals surface area contributed by atoms with E-state index in [-0.39, 0.29) is 27.9 Å². The van der Waals surface area contributed by atoms with Crippen LogP contribution in [0.25, 0.3) is 16.6 Å². The summed E-state index contributed by atoms with van der Waals surface area (Å²) in [6.45, 7) is 5.23. The van der Waals surface area contributed by atoms with Gasteiger partial charge in [0.2, 0.25) is 5.91 Å². The Hall–Kier alpha value is -2.96. The van der Waals surface area contributed by atoms with Gasteiger partial charge in [0.25, 0.3) is 5.56 Å². The molecule has 0 aliphatic rings. The monoisotopic (exact) mass is 476 g/mol. The van der Waals surface area contributed by atoms with Crippen molar-refractivity contribution in [1.29, 1.82) is 5.26 Å². The van der Waals surface area contributed by atoms with Gasteiger partial charge in [0, 0.05) is 11.1 Å². The zero-order valence-corrected chi connectivity index (χ0v) is 19.0. The van der Waals surface area contributed by atoms with E-state index in [1.165, 1.54) is 6.07 Å². The van der Waals surface area contributed by atoms with Crippen molar-refractivity contribution in [3.05, 3.63) is 63.4 Å². The largest absolute Gasteiger partial charge is 0.337 e. The van der Waals surface area contributed by atoms with Crippen molar-refractivity contribution in [2.75, 3.05) is 5.75 Å². The normalized spacial score (nSPS) is 13.1. The average Bonchev–Trinajstić information content (AvgIpc) is 2.73. The van der Waals surface area contributed by atoms with Gasteiger partial charge in [-0.1, -0.05) is 37.2 Å². The summed E-state index contributed by atoms with van der Waals surface area (Å²) in [6, 6.07) is 9.40. The zero-order chi connectivity index (χ0) is 23.6. The van der Waals surface area contributed by atoms with E-state index in [9.17, 15) is 23.6 Å². The van der Waals surface area contributed by atoms with Gasteiger partial charge in [-0.3, -0.25) is 14.2 Å².